The largest absolute Gasteiger partial charge is 0.486 e. The number of aliphatic hydroxyl groups is 1. The van der Waals surface area contributed by atoms with Crippen molar-refractivity contribution in [3.8, 4) is 23.8 Å². The fraction of sp³-hybridized carbons (Fsp3) is 0.385. The van der Waals surface area contributed by atoms with E-state index >= 15 is 0 Å². The normalized spacial score (nSPS) is 19.9. The van der Waals surface area contributed by atoms with E-state index in [1.165, 1.54) is 0 Å². The van der Waals surface area contributed by atoms with Crippen LogP contribution in [0.3, 0.4) is 0 Å². The standard InChI is InChI=1S/C13H14O3/c1-2-3-6-10(14)13-9-15-11-7-4-5-8-12(11)16-13/h1,4-5,7-8,10,13-14H,3,6,9H2. The first kappa shape index (κ1) is 10.8. The molecule has 2 rings (SSSR count). The second-order valence-electron chi connectivity index (χ2n) is 3.72. The highest BCUT2D eigenvalue weighted by atomic mass is 16.6. The van der Waals surface area contributed by atoms with Gasteiger partial charge in [-0.05, 0) is 18.6 Å². The van der Waals surface area contributed by atoms with Gasteiger partial charge in [0.2, 0.25) is 0 Å². The van der Waals surface area contributed by atoms with E-state index in [0.29, 0.717) is 25.2 Å². The van der Waals surface area contributed by atoms with Crippen molar-refractivity contribution in [3.63, 3.8) is 0 Å². The molecule has 0 saturated heterocycles. The van der Waals surface area contributed by atoms with Gasteiger partial charge >= 0.3 is 0 Å². The Morgan fingerprint density at radius 3 is 2.94 bits per heavy atom. The van der Waals surface area contributed by atoms with Crippen LogP contribution in [0.4, 0.5) is 0 Å². The molecule has 0 aromatic heterocycles. The molecule has 0 bridgehead atoms. The van der Waals surface area contributed by atoms with Crippen LogP contribution in [0, 0.1) is 12.3 Å². The van der Waals surface area contributed by atoms with E-state index in [1.807, 2.05) is 24.3 Å². The lowest BCUT2D eigenvalue weighted by atomic mass is 10.1. The molecular weight excluding hydrogens is 204 g/mol. The molecule has 1 aromatic rings. The molecule has 1 aromatic carbocycles. The summed E-state index contributed by atoms with van der Waals surface area (Å²) in [5.74, 6) is 3.90. The summed E-state index contributed by atoms with van der Waals surface area (Å²) < 4.78 is 11.1. The van der Waals surface area contributed by atoms with Crippen LogP contribution in [0.2, 0.25) is 0 Å². The molecule has 16 heavy (non-hydrogen) atoms. The van der Waals surface area contributed by atoms with E-state index in [9.17, 15) is 5.11 Å². The Bertz CT molecular complexity index is 394. The number of fused-ring (bicyclic) bond motifs is 1. The van der Waals surface area contributed by atoms with Gasteiger partial charge in [0.1, 0.15) is 6.61 Å². The maximum Gasteiger partial charge on any atom is 0.161 e. The van der Waals surface area contributed by atoms with E-state index in [2.05, 4.69) is 5.92 Å². The van der Waals surface area contributed by atoms with E-state index < -0.39 is 6.10 Å². The Labute approximate surface area is 95.0 Å². The van der Waals surface area contributed by atoms with Crippen molar-refractivity contribution in [1.82, 2.24) is 0 Å². The first-order valence-corrected chi connectivity index (χ1v) is 5.31. The van der Waals surface area contributed by atoms with E-state index in [-0.39, 0.29) is 6.10 Å². The zero-order valence-corrected chi connectivity index (χ0v) is 8.93. The number of hydrogen-bond donors (Lipinski definition) is 1. The SMILES string of the molecule is C#CCCC(O)C1COc2ccccc2O1. The number of benzene rings is 1. The number of terminal acetylenes is 1. The Balaban J connectivity index is 2.00. The third-order valence-electron chi connectivity index (χ3n) is 2.54. The Morgan fingerprint density at radius 1 is 1.44 bits per heavy atom. The van der Waals surface area contributed by atoms with Gasteiger partial charge in [0.25, 0.3) is 0 Å². The highest BCUT2D eigenvalue weighted by Gasteiger charge is 2.26. The summed E-state index contributed by atoms with van der Waals surface area (Å²) in [6.45, 7) is 0.364. The van der Waals surface area contributed by atoms with Crippen molar-refractivity contribution in [2.75, 3.05) is 6.61 Å². The molecule has 1 heterocycles. The highest BCUT2D eigenvalue weighted by Crippen LogP contribution is 2.31. The molecule has 1 N–H and O–H groups in total. The van der Waals surface area contributed by atoms with Crippen molar-refractivity contribution in [3.05, 3.63) is 24.3 Å². The van der Waals surface area contributed by atoms with Crippen LogP contribution in [0.15, 0.2) is 24.3 Å². The zero-order chi connectivity index (χ0) is 11.4. The summed E-state index contributed by atoms with van der Waals surface area (Å²) in [7, 11) is 0. The summed E-state index contributed by atoms with van der Waals surface area (Å²) in [4.78, 5) is 0. The summed E-state index contributed by atoms with van der Waals surface area (Å²) in [5, 5.41) is 9.83. The lowest BCUT2D eigenvalue weighted by Crippen LogP contribution is -2.39. The first-order valence-electron chi connectivity index (χ1n) is 5.31. The molecule has 84 valence electrons. The number of hydrogen-bond acceptors (Lipinski definition) is 3. The molecule has 3 nitrogen and oxygen atoms in total. The second kappa shape index (κ2) is 4.91. The van der Waals surface area contributed by atoms with Crippen LogP contribution < -0.4 is 9.47 Å². The number of aliphatic hydroxyl groups excluding tert-OH is 1. The number of ether oxygens (including phenoxy) is 2. The molecule has 0 spiro atoms. The topological polar surface area (TPSA) is 38.7 Å². The fourth-order valence-electron chi connectivity index (χ4n) is 1.64. The Hall–Kier alpha value is -1.66. The summed E-state index contributed by atoms with van der Waals surface area (Å²) in [6, 6.07) is 7.43. The number of para-hydroxylation sites is 2. The molecule has 0 aliphatic carbocycles. The van der Waals surface area contributed by atoms with Crippen LogP contribution in [-0.2, 0) is 0 Å². The smallest absolute Gasteiger partial charge is 0.161 e. The quantitative estimate of drug-likeness (QED) is 0.783. The van der Waals surface area contributed by atoms with Gasteiger partial charge in [-0.2, -0.15) is 0 Å². The van der Waals surface area contributed by atoms with Crippen molar-refractivity contribution in [2.24, 2.45) is 0 Å². The molecular formula is C13H14O3. The second-order valence-corrected chi connectivity index (χ2v) is 3.72. The minimum atomic E-state index is -0.579. The van der Waals surface area contributed by atoms with Crippen molar-refractivity contribution in [2.45, 2.75) is 25.0 Å². The van der Waals surface area contributed by atoms with Gasteiger partial charge in [-0.25, -0.2) is 0 Å². The van der Waals surface area contributed by atoms with Crippen molar-refractivity contribution >= 4 is 0 Å². The van der Waals surface area contributed by atoms with Gasteiger partial charge in [0, 0.05) is 6.42 Å². The van der Waals surface area contributed by atoms with Crippen LogP contribution in [0.5, 0.6) is 11.5 Å². The Morgan fingerprint density at radius 2 is 2.19 bits per heavy atom. The molecule has 0 radical (unpaired) electrons. The van der Waals surface area contributed by atoms with Crippen molar-refractivity contribution < 1.29 is 14.6 Å². The molecule has 2 atom stereocenters. The monoisotopic (exact) mass is 218 g/mol. The number of rotatable bonds is 3. The van der Waals surface area contributed by atoms with E-state index in [4.69, 9.17) is 15.9 Å². The van der Waals surface area contributed by atoms with Crippen LogP contribution in [0.1, 0.15) is 12.8 Å². The lowest BCUT2D eigenvalue weighted by Gasteiger charge is -2.29. The van der Waals surface area contributed by atoms with E-state index in [0.717, 1.165) is 5.75 Å². The maximum atomic E-state index is 9.83. The molecule has 1 aliphatic heterocycles. The van der Waals surface area contributed by atoms with Gasteiger partial charge in [0.15, 0.2) is 17.6 Å². The predicted molar refractivity (Wildman–Crippen MR) is 60.4 cm³/mol. The summed E-state index contributed by atoms with van der Waals surface area (Å²) >= 11 is 0. The average molecular weight is 218 g/mol. The third-order valence-corrected chi connectivity index (χ3v) is 2.54. The zero-order valence-electron chi connectivity index (χ0n) is 8.93. The highest BCUT2D eigenvalue weighted by molar-refractivity contribution is 5.40. The van der Waals surface area contributed by atoms with Gasteiger partial charge in [-0.15, -0.1) is 12.3 Å². The predicted octanol–water partition coefficient (Wildman–Crippen LogP) is 1.60. The molecule has 3 heteroatoms. The van der Waals surface area contributed by atoms with Gasteiger partial charge < -0.3 is 14.6 Å². The van der Waals surface area contributed by atoms with Crippen LogP contribution >= 0.6 is 0 Å². The summed E-state index contributed by atoms with van der Waals surface area (Å²) in [5.41, 5.74) is 0. The first-order chi connectivity index (χ1) is 7.81. The van der Waals surface area contributed by atoms with Crippen LogP contribution in [-0.4, -0.2) is 23.9 Å². The Kier molecular flexibility index (Phi) is 3.33. The maximum absolute atomic E-state index is 9.83. The average Bonchev–Trinajstić information content (AvgIpc) is 2.35. The molecule has 0 amide bonds. The van der Waals surface area contributed by atoms with Gasteiger partial charge in [-0.3, -0.25) is 0 Å². The molecule has 0 fully saturated rings. The van der Waals surface area contributed by atoms with E-state index in [1.54, 1.807) is 0 Å². The lowest BCUT2D eigenvalue weighted by molar-refractivity contribution is -0.0128. The van der Waals surface area contributed by atoms with Gasteiger partial charge in [-0.1, -0.05) is 12.1 Å². The molecule has 2 unspecified atom stereocenters. The van der Waals surface area contributed by atoms with Crippen molar-refractivity contribution in [1.29, 1.82) is 0 Å². The molecule has 1 aliphatic rings. The third kappa shape index (κ3) is 2.29. The summed E-state index contributed by atoms with van der Waals surface area (Å²) in [6.07, 6.45) is 5.32. The minimum Gasteiger partial charge on any atom is -0.486 e. The minimum absolute atomic E-state index is 0.330. The van der Waals surface area contributed by atoms with Crippen LogP contribution in [0.25, 0.3) is 0 Å². The van der Waals surface area contributed by atoms with Gasteiger partial charge in [0.05, 0.1) is 6.10 Å². The molecule has 0 saturated carbocycles. The fourth-order valence-corrected chi connectivity index (χ4v) is 1.64.